The number of nitrogens with one attached hydrogen (secondary N) is 1. The van der Waals surface area contributed by atoms with Crippen molar-refractivity contribution in [2.45, 2.75) is 6.42 Å². The smallest absolute Gasteiger partial charge is 0.105 e. The first-order chi connectivity index (χ1) is 5.93. The largest absolute Gasteiger partial charge is 0.469 e. The summed E-state index contributed by atoms with van der Waals surface area (Å²) in [6.07, 6.45) is 2.64. The zero-order chi connectivity index (χ0) is 8.65. The van der Waals surface area contributed by atoms with Crippen LogP contribution in [0.15, 0.2) is 22.8 Å². The lowest BCUT2D eigenvalue weighted by Crippen LogP contribution is -2.21. The van der Waals surface area contributed by atoms with Crippen LogP contribution in [0, 0.1) is 0 Å². The highest BCUT2D eigenvalue weighted by Gasteiger charge is 1.93. The summed E-state index contributed by atoms with van der Waals surface area (Å²) < 4.78 is 10.1. The van der Waals surface area contributed by atoms with E-state index in [4.69, 9.17) is 9.15 Å². The summed E-state index contributed by atoms with van der Waals surface area (Å²) in [7, 11) is 1.70. The van der Waals surface area contributed by atoms with Gasteiger partial charge in [-0.25, -0.2) is 0 Å². The molecule has 0 fully saturated rings. The average Bonchev–Trinajstić information content (AvgIpc) is 2.57. The van der Waals surface area contributed by atoms with Gasteiger partial charge in [0.2, 0.25) is 0 Å². The molecule has 1 rings (SSSR count). The van der Waals surface area contributed by atoms with Crippen LogP contribution >= 0.6 is 0 Å². The van der Waals surface area contributed by atoms with Crippen molar-refractivity contribution in [1.82, 2.24) is 5.32 Å². The Morgan fingerprint density at radius 2 is 2.42 bits per heavy atom. The lowest BCUT2D eigenvalue weighted by atomic mass is 10.3. The Balaban J connectivity index is 1.96. The highest BCUT2D eigenvalue weighted by molar-refractivity contribution is 4.98. The molecular weight excluding hydrogens is 154 g/mol. The fourth-order valence-corrected chi connectivity index (χ4v) is 0.966. The van der Waals surface area contributed by atoms with Crippen LogP contribution in [0.4, 0.5) is 0 Å². The fourth-order valence-electron chi connectivity index (χ4n) is 0.966. The first-order valence-electron chi connectivity index (χ1n) is 4.15. The third kappa shape index (κ3) is 3.55. The molecule has 3 heteroatoms. The molecule has 1 aromatic rings. The van der Waals surface area contributed by atoms with Crippen LogP contribution in [-0.4, -0.2) is 26.8 Å². The summed E-state index contributed by atoms with van der Waals surface area (Å²) in [4.78, 5) is 0. The number of ether oxygens (including phenoxy) is 1. The van der Waals surface area contributed by atoms with E-state index in [1.54, 1.807) is 13.4 Å². The van der Waals surface area contributed by atoms with E-state index in [9.17, 15) is 0 Å². The fraction of sp³-hybridized carbons (Fsp3) is 0.556. The molecule has 0 aliphatic rings. The topological polar surface area (TPSA) is 34.4 Å². The van der Waals surface area contributed by atoms with Crippen LogP contribution in [0.1, 0.15) is 5.76 Å². The summed E-state index contributed by atoms with van der Waals surface area (Å²) >= 11 is 0. The molecule has 12 heavy (non-hydrogen) atoms. The van der Waals surface area contributed by atoms with E-state index in [0.717, 1.165) is 31.9 Å². The van der Waals surface area contributed by atoms with Gasteiger partial charge in [0.25, 0.3) is 0 Å². The quantitative estimate of drug-likeness (QED) is 0.646. The molecule has 0 bridgehead atoms. The van der Waals surface area contributed by atoms with E-state index >= 15 is 0 Å². The van der Waals surface area contributed by atoms with E-state index in [1.165, 1.54) is 0 Å². The zero-order valence-electron chi connectivity index (χ0n) is 7.38. The number of hydrogen-bond donors (Lipinski definition) is 1. The Kier molecular flexibility index (Phi) is 4.49. The standard InChI is InChI=1S/C9H15NO2/c1-11-8-6-10-5-4-9-3-2-7-12-9/h2-3,7,10H,4-6,8H2,1H3. The van der Waals surface area contributed by atoms with Crippen LogP contribution in [-0.2, 0) is 11.2 Å². The number of hydrogen-bond acceptors (Lipinski definition) is 3. The van der Waals surface area contributed by atoms with Gasteiger partial charge in [0.1, 0.15) is 5.76 Å². The summed E-state index contributed by atoms with van der Waals surface area (Å²) in [5, 5.41) is 3.24. The van der Waals surface area contributed by atoms with Crippen molar-refractivity contribution in [3.8, 4) is 0 Å². The zero-order valence-corrected chi connectivity index (χ0v) is 7.38. The first-order valence-corrected chi connectivity index (χ1v) is 4.15. The van der Waals surface area contributed by atoms with Gasteiger partial charge in [-0.3, -0.25) is 0 Å². The van der Waals surface area contributed by atoms with Crippen LogP contribution in [0.2, 0.25) is 0 Å². The molecule has 1 aromatic heterocycles. The highest BCUT2D eigenvalue weighted by atomic mass is 16.5. The molecule has 3 nitrogen and oxygen atoms in total. The molecule has 68 valence electrons. The van der Waals surface area contributed by atoms with Gasteiger partial charge in [0.15, 0.2) is 0 Å². The van der Waals surface area contributed by atoms with Gasteiger partial charge >= 0.3 is 0 Å². The third-order valence-corrected chi connectivity index (χ3v) is 1.61. The number of rotatable bonds is 6. The molecule has 0 aliphatic heterocycles. The van der Waals surface area contributed by atoms with E-state index in [2.05, 4.69) is 5.32 Å². The van der Waals surface area contributed by atoms with Crippen molar-refractivity contribution < 1.29 is 9.15 Å². The second-order valence-corrected chi connectivity index (χ2v) is 2.57. The Hall–Kier alpha value is -0.800. The molecule has 0 aromatic carbocycles. The maximum Gasteiger partial charge on any atom is 0.105 e. The average molecular weight is 169 g/mol. The van der Waals surface area contributed by atoms with Gasteiger partial charge in [0.05, 0.1) is 12.9 Å². The van der Waals surface area contributed by atoms with Crippen molar-refractivity contribution >= 4 is 0 Å². The minimum atomic E-state index is 0.762. The maximum atomic E-state index is 5.17. The maximum absolute atomic E-state index is 5.17. The normalized spacial score (nSPS) is 10.4. The predicted molar refractivity (Wildman–Crippen MR) is 47.2 cm³/mol. The predicted octanol–water partition coefficient (Wildman–Crippen LogP) is 1.06. The van der Waals surface area contributed by atoms with E-state index < -0.39 is 0 Å². The second kappa shape index (κ2) is 5.80. The second-order valence-electron chi connectivity index (χ2n) is 2.57. The Morgan fingerprint density at radius 3 is 3.08 bits per heavy atom. The number of methoxy groups -OCH3 is 1. The monoisotopic (exact) mass is 169 g/mol. The molecule has 0 saturated heterocycles. The summed E-state index contributed by atoms with van der Waals surface area (Å²) in [5.74, 6) is 1.03. The SMILES string of the molecule is COCCNCCc1ccco1. The molecule has 0 unspecified atom stereocenters. The van der Waals surface area contributed by atoms with E-state index in [-0.39, 0.29) is 0 Å². The van der Waals surface area contributed by atoms with Crippen LogP contribution in [0.25, 0.3) is 0 Å². The molecule has 1 N–H and O–H groups in total. The first kappa shape index (κ1) is 9.29. The lowest BCUT2D eigenvalue weighted by molar-refractivity contribution is 0.199. The molecule has 0 radical (unpaired) electrons. The van der Waals surface area contributed by atoms with Crippen molar-refractivity contribution in [2.75, 3.05) is 26.8 Å². The molecule has 0 saturated carbocycles. The Morgan fingerprint density at radius 1 is 1.50 bits per heavy atom. The summed E-state index contributed by atoms with van der Waals surface area (Å²) in [5.41, 5.74) is 0. The Labute approximate surface area is 72.7 Å². The molecule has 0 amide bonds. The van der Waals surface area contributed by atoms with Crippen LogP contribution < -0.4 is 5.32 Å². The van der Waals surface area contributed by atoms with Gasteiger partial charge in [-0.05, 0) is 12.1 Å². The highest BCUT2D eigenvalue weighted by Crippen LogP contribution is 1.98. The molecule has 0 atom stereocenters. The van der Waals surface area contributed by atoms with Gasteiger partial charge in [-0.15, -0.1) is 0 Å². The van der Waals surface area contributed by atoms with Crippen molar-refractivity contribution in [1.29, 1.82) is 0 Å². The van der Waals surface area contributed by atoms with Crippen LogP contribution in [0.5, 0.6) is 0 Å². The third-order valence-electron chi connectivity index (χ3n) is 1.61. The van der Waals surface area contributed by atoms with Crippen molar-refractivity contribution in [2.24, 2.45) is 0 Å². The summed E-state index contributed by atoms with van der Waals surface area (Å²) in [6.45, 7) is 2.60. The van der Waals surface area contributed by atoms with Gasteiger partial charge in [0, 0.05) is 26.6 Å². The van der Waals surface area contributed by atoms with E-state index in [0.29, 0.717) is 0 Å². The van der Waals surface area contributed by atoms with E-state index in [1.807, 2.05) is 12.1 Å². The molecule has 0 aliphatic carbocycles. The molecular formula is C9H15NO2. The van der Waals surface area contributed by atoms with Crippen molar-refractivity contribution in [3.63, 3.8) is 0 Å². The van der Waals surface area contributed by atoms with Gasteiger partial charge in [-0.1, -0.05) is 0 Å². The Bertz CT molecular complexity index is 184. The minimum absolute atomic E-state index is 0.762. The minimum Gasteiger partial charge on any atom is -0.469 e. The summed E-state index contributed by atoms with van der Waals surface area (Å²) in [6, 6.07) is 3.89. The molecule has 0 spiro atoms. The van der Waals surface area contributed by atoms with Crippen LogP contribution in [0.3, 0.4) is 0 Å². The number of furan rings is 1. The lowest BCUT2D eigenvalue weighted by Gasteiger charge is -2.01. The van der Waals surface area contributed by atoms with Crippen molar-refractivity contribution in [3.05, 3.63) is 24.2 Å². The van der Waals surface area contributed by atoms with Gasteiger partial charge < -0.3 is 14.5 Å². The molecule has 1 heterocycles. The van der Waals surface area contributed by atoms with Gasteiger partial charge in [-0.2, -0.15) is 0 Å².